The Morgan fingerprint density at radius 3 is 1.31 bits per heavy atom. The molecule has 2 amide bonds. The molecule has 0 aromatic carbocycles. The molecule has 0 saturated carbocycles. The van der Waals surface area contributed by atoms with Crippen molar-refractivity contribution in [3.05, 3.63) is 0 Å². The number of carbonyl (C=O) groups is 2. The second kappa shape index (κ2) is 29.3. The van der Waals surface area contributed by atoms with E-state index in [2.05, 4.69) is 10.6 Å². The number of aliphatic hydroxyl groups excluding tert-OH is 20. The van der Waals surface area contributed by atoms with Crippen LogP contribution < -0.4 is 10.6 Å². The van der Waals surface area contributed by atoms with Crippen molar-refractivity contribution < 1.29 is 173 Å². The van der Waals surface area contributed by atoms with Crippen molar-refractivity contribution in [2.45, 2.75) is 236 Å². The number of hydrogen-bond acceptors (Lipinski definition) is 35. The highest BCUT2D eigenvalue weighted by atomic mass is 16.8. The molecule has 0 radical (unpaired) electrons. The molecule has 35 atom stereocenters. The first kappa shape index (κ1) is 68.1. The number of carbonyl (C=O) groups excluding carboxylic acids is 2. The molecule has 0 bridgehead atoms. The Kier molecular flexibility index (Phi) is 24.0. The predicted molar refractivity (Wildman–Crippen MR) is 254 cm³/mol. The molecule has 7 heterocycles. The third-order valence-corrected chi connectivity index (χ3v) is 15.3. The molecule has 37 nitrogen and oxygen atoms in total. The van der Waals surface area contributed by atoms with Gasteiger partial charge in [-0.2, -0.15) is 0 Å². The number of aliphatic hydroxyl groups is 20. The summed E-state index contributed by atoms with van der Waals surface area (Å²) in [6.45, 7) is -2.69. The molecular formula is C46H78N2O35. The Morgan fingerprint density at radius 2 is 0.735 bits per heavy atom. The van der Waals surface area contributed by atoms with Gasteiger partial charge in [0.2, 0.25) is 11.8 Å². The molecule has 482 valence electrons. The second-order valence-corrected chi connectivity index (χ2v) is 21.1. The molecule has 7 aliphatic rings. The third-order valence-electron chi connectivity index (χ3n) is 15.3. The lowest BCUT2D eigenvalue weighted by Gasteiger charge is -2.51. The van der Waals surface area contributed by atoms with Crippen molar-refractivity contribution in [3.8, 4) is 0 Å². The first-order valence-electron chi connectivity index (χ1n) is 26.5. The van der Waals surface area contributed by atoms with Crippen molar-refractivity contribution in [1.29, 1.82) is 0 Å². The lowest BCUT2D eigenvalue weighted by molar-refractivity contribution is -0.391. The minimum Gasteiger partial charge on any atom is -0.394 e. The fourth-order valence-corrected chi connectivity index (χ4v) is 10.6. The molecule has 0 aliphatic carbocycles. The summed E-state index contributed by atoms with van der Waals surface area (Å²) in [4.78, 5) is 25.6. The van der Waals surface area contributed by atoms with Gasteiger partial charge in [-0.3, -0.25) is 9.59 Å². The van der Waals surface area contributed by atoms with E-state index in [1.165, 1.54) is 6.92 Å². The zero-order chi connectivity index (χ0) is 61.2. The standard InChI is InChI=1S/C46H78N2O35/c1-10-21(56)27(62)32(67)43(72-10)83-39-29(64)23(58)14(5-50)76-46(39)81-37-20(48-12(3)55)42(74-15(6-51)24(37)59)82-38-25(60)18(78-45(34(38)69)80-36-16(7-52)73-40(70)31(66)30(36)65)9-71-41-19(47-11(2)54)26(61)35(17(8-53)77-41)79-44-33(68)28(63)22(57)13(4-49)75-44/h10,13-46,49-53,56-70H,4-9H2,1-3H3,(H,47,54)(H,48,55)/t10-,13+,14+,15+,16+,17+,18+,19+,20+,21+,22-,23-,24+,25-,26+,27+,28-,29-,30+,31+,32-,33+,34+,35+,36+,37+,38-,39+,40?,41+,42-,43-,44-,45-,46-/m0/s1. The Hall–Kier alpha value is -2.38. The SMILES string of the molecule is CC(=O)N[C@H]1[C@H](OC[C@H]2O[C@@H](O[C@H]3[C@H](O)[C@@H](O)C(O)O[C@@H]3CO)[C@H](O)[C@@H](O[C@@H]3O[C@H](CO)[C@@H](O)[C@H](O[C@@H]4O[C@H](CO)[C@H](O)[C@H](O)[C@H]4O[C@@H]4O[C@@H](C)[C@@H](O)[C@@H](O)[C@@H]4O)[C@H]3NC(C)=O)[C@H]2O)O[C@H](CO)[C@@H](O[C@@H]2O[C@H](CO)[C@H](O)[C@H](O)[C@H]2O)[C@@H]1O. The van der Waals surface area contributed by atoms with Gasteiger partial charge in [-0.25, -0.2) is 0 Å². The normalized spacial score (nSPS) is 50.8. The van der Waals surface area contributed by atoms with E-state index in [9.17, 15) is 112 Å². The highest BCUT2D eigenvalue weighted by Crippen LogP contribution is 2.38. The van der Waals surface area contributed by atoms with Gasteiger partial charge >= 0.3 is 0 Å². The summed E-state index contributed by atoms with van der Waals surface area (Å²) in [6, 6.07) is -3.61. The van der Waals surface area contributed by atoms with Crippen LogP contribution in [-0.2, 0) is 71.2 Å². The fraction of sp³-hybridized carbons (Fsp3) is 0.957. The summed E-state index contributed by atoms with van der Waals surface area (Å²) in [5.41, 5.74) is 0. The summed E-state index contributed by atoms with van der Waals surface area (Å²) in [6.07, 6.45) is -63.7. The van der Waals surface area contributed by atoms with Crippen LogP contribution in [0.25, 0.3) is 0 Å². The largest absolute Gasteiger partial charge is 0.394 e. The fourth-order valence-electron chi connectivity index (χ4n) is 10.6. The average molecular weight is 1220 g/mol. The number of ether oxygens (including phenoxy) is 13. The van der Waals surface area contributed by atoms with Gasteiger partial charge in [0, 0.05) is 13.8 Å². The van der Waals surface area contributed by atoms with E-state index in [-0.39, 0.29) is 0 Å². The minimum atomic E-state index is -2.34. The van der Waals surface area contributed by atoms with Crippen molar-refractivity contribution in [1.82, 2.24) is 10.6 Å². The van der Waals surface area contributed by atoms with Gasteiger partial charge in [-0.15, -0.1) is 0 Å². The highest BCUT2D eigenvalue weighted by Gasteiger charge is 2.59. The lowest BCUT2D eigenvalue weighted by atomic mass is 9.94. The van der Waals surface area contributed by atoms with Crippen molar-refractivity contribution in [2.75, 3.05) is 39.6 Å². The predicted octanol–water partition coefficient (Wildman–Crippen LogP) is -15.0. The molecule has 0 aromatic rings. The molecule has 7 aliphatic heterocycles. The van der Waals surface area contributed by atoms with E-state index >= 15 is 0 Å². The minimum absolute atomic E-state index is 0.833. The van der Waals surface area contributed by atoms with Crippen LogP contribution in [0, 0.1) is 0 Å². The Balaban J connectivity index is 1.19. The van der Waals surface area contributed by atoms with E-state index in [1.54, 1.807) is 0 Å². The van der Waals surface area contributed by atoms with E-state index in [0.29, 0.717) is 0 Å². The van der Waals surface area contributed by atoms with Crippen molar-refractivity contribution in [2.24, 2.45) is 0 Å². The van der Waals surface area contributed by atoms with E-state index < -0.39 is 266 Å². The first-order chi connectivity index (χ1) is 39.2. The number of hydrogen-bond donors (Lipinski definition) is 22. The van der Waals surface area contributed by atoms with E-state index in [4.69, 9.17) is 61.6 Å². The zero-order valence-corrected chi connectivity index (χ0v) is 44.5. The van der Waals surface area contributed by atoms with Gasteiger partial charge in [0.15, 0.2) is 44.0 Å². The van der Waals surface area contributed by atoms with Gasteiger partial charge in [-0.05, 0) is 6.92 Å². The van der Waals surface area contributed by atoms with Crippen LogP contribution in [0.1, 0.15) is 20.8 Å². The summed E-state index contributed by atoms with van der Waals surface area (Å²) in [7, 11) is 0. The maximum atomic E-state index is 13.0. The highest BCUT2D eigenvalue weighted by molar-refractivity contribution is 5.73. The summed E-state index contributed by atoms with van der Waals surface area (Å²) in [5, 5.41) is 220. The molecule has 0 spiro atoms. The Bertz CT molecular complexity index is 2040. The van der Waals surface area contributed by atoms with Gasteiger partial charge in [0.05, 0.1) is 45.7 Å². The van der Waals surface area contributed by atoms with Crippen LogP contribution in [0.5, 0.6) is 0 Å². The molecule has 7 rings (SSSR count). The Morgan fingerprint density at radius 1 is 0.337 bits per heavy atom. The van der Waals surface area contributed by atoms with Crippen LogP contribution in [0.3, 0.4) is 0 Å². The molecular weight excluding hydrogens is 1140 g/mol. The van der Waals surface area contributed by atoms with Crippen molar-refractivity contribution >= 4 is 11.8 Å². The monoisotopic (exact) mass is 1220 g/mol. The summed E-state index contributed by atoms with van der Waals surface area (Å²) in [5.74, 6) is -1.76. The van der Waals surface area contributed by atoms with Crippen LogP contribution in [0.4, 0.5) is 0 Å². The number of amides is 2. The lowest BCUT2D eigenvalue weighted by Crippen LogP contribution is -2.70. The maximum absolute atomic E-state index is 13.0. The molecule has 1 unspecified atom stereocenters. The van der Waals surface area contributed by atoms with Gasteiger partial charge in [-0.1, -0.05) is 0 Å². The van der Waals surface area contributed by atoms with Crippen LogP contribution in [0.15, 0.2) is 0 Å². The first-order valence-corrected chi connectivity index (χ1v) is 26.5. The van der Waals surface area contributed by atoms with Gasteiger partial charge in [0.1, 0.15) is 165 Å². The number of nitrogens with one attached hydrogen (secondary N) is 2. The molecule has 7 saturated heterocycles. The third kappa shape index (κ3) is 14.7. The quantitative estimate of drug-likeness (QED) is 0.0538. The Labute approximate surface area is 470 Å². The number of rotatable bonds is 20. The second-order valence-electron chi connectivity index (χ2n) is 21.1. The van der Waals surface area contributed by atoms with Crippen molar-refractivity contribution in [3.63, 3.8) is 0 Å². The molecule has 83 heavy (non-hydrogen) atoms. The molecule has 22 N–H and O–H groups in total. The summed E-state index contributed by atoms with van der Waals surface area (Å²) < 4.78 is 75.3. The smallest absolute Gasteiger partial charge is 0.217 e. The maximum Gasteiger partial charge on any atom is 0.217 e. The van der Waals surface area contributed by atoms with E-state index in [1.807, 2.05) is 0 Å². The molecule has 7 fully saturated rings. The topological polar surface area (TPSA) is 583 Å². The van der Waals surface area contributed by atoms with Crippen LogP contribution in [-0.4, -0.2) is 368 Å². The van der Waals surface area contributed by atoms with Gasteiger partial charge in [0.25, 0.3) is 0 Å². The van der Waals surface area contributed by atoms with Crippen LogP contribution >= 0.6 is 0 Å². The van der Waals surface area contributed by atoms with Gasteiger partial charge < -0.3 is 174 Å². The van der Waals surface area contributed by atoms with Crippen LogP contribution in [0.2, 0.25) is 0 Å². The summed E-state index contributed by atoms with van der Waals surface area (Å²) >= 11 is 0. The molecule has 37 heteroatoms. The average Bonchev–Trinajstić information content (AvgIpc) is 2.50. The van der Waals surface area contributed by atoms with E-state index in [0.717, 1.165) is 13.8 Å². The molecule has 0 aromatic heterocycles. The zero-order valence-electron chi connectivity index (χ0n) is 44.5.